The van der Waals surface area contributed by atoms with Gasteiger partial charge in [0.15, 0.2) is 5.82 Å². The summed E-state index contributed by atoms with van der Waals surface area (Å²) in [6.45, 7) is 0. The molecule has 0 amide bonds. The summed E-state index contributed by atoms with van der Waals surface area (Å²) < 4.78 is 13.7. The van der Waals surface area contributed by atoms with Crippen LogP contribution in [0.2, 0.25) is 0 Å². The van der Waals surface area contributed by atoms with Gasteiger partial charge in [-0.15, -0.1) is 10.2 Å². The lowest BCUT2D eigenvalue weighted by atomic mass is 10.2. The molecule has 0 N–H and O–H groups in total. The van der Waals surface area contributed by atoms with Gasteiger partial charge < -0.3 is 9.47 Å². The Morgan fingerprint density at radius 3 is 2.56 bits per heavy atom. The fourth-order valence-electron chi connectivity index (χ4n) is 2.74. The summed E-state index contributed by atoms with van der Waals surface area (Å²) >= 11 is 4.70. The van der Waals surface area contributed by atoms with E-state index in [2.05, 4.69) is 26.1 Å². The number of rotatable bonds is 4. The van der Waals surface area contributed by atoms with Crippen LogP contribution in [0.3, 0.4) is 0 Å². The first-order valence-corrected chi connectivity index (χ1v) is 9.59. The highest BCUT2D eigenvalue weighted by molar-refractivity contribution is 9.10. The average Bonchev–Trinajstić information content (AvgIpc) is 3.23. The molecule has 6 nitrogen and oxygen atoms in total. The molecule has 2 heterocycles. The summed E-state index contributed by atoms with van der Waals surface area (Å²) in [5.41, 5.74) is 1.42. The highest BCUT2D eigenvalue weighted by atomic mass is 79.9. The minimum atomic E-state index is -0.164. The topological polar surface area (TPSA) is 65.7 Å². The fourth-order valence-corrected chi connectivity index (χ4v) is 3.91. The number of halogens is 1. The molecule has 2 aromatic carbocycles. The largest absolute Gasteiger partial charge is 0.497 e. The van der Waals surface area contributed by atoms with E-state index in [4.69, 9.17) is 9.47 Å². The third-order valence-corrected chi connectivity index (χ3v) is 5.56. The second kappa shape index (κ2) is 7.13. The van der Waals surface area contributed by atoms with Crippen molar-refractivity contribution in [3.63, 3.8) is 0 Å². The quantitative estimate of drug-likeness (QED) is 0.484. The molecule has 0 fully saturated rings. The van der Waals surface area contributed by atoms with E-state index in [1.807, 2.05) is 42.5 Å². The van der Waals surface area contributed by atoms with Crippen LogP contribution in [0, 0.1) is 0 Å². The van der Waals surface area contributed by atoms with Gasteiger partial charge in [0.2, 0.25) is 4.96 Å². The van der Waals surface area contributed by atoms with Crippen molar-refractivity contribution in [2.75, 3.05) is 14.2 Å². The first kappa shape index (κ1) is 17.7. The van der Waals surface area contributed by atoms with E-state index in [1.54, 1.807) is 20.3 Å². The minimum absolute atomic E-state index is 0.164. The SMILES string of the molecule is COc1ccc(OC)c(C=c2sc3nnc(-c4ccc(Br)cc4)n3c2=O)c1. The summed E-state index contributed by atoms with van der Waals surface area (Å²) in [5, 5.41) is 8.34. The number of aromatic nitrogens is 3. The Morgan fingerprint density at radius 1 is 1.07 bits per heavy atom. The lowest BCUT2D eigenvalue weighted by molar-refractivity contribution is 0.402. The van der Waals surface area contributed by atoms with Crippen LogP contribution >= 0.6 is 27.3 Å². The Bertz CT molecular complexity index is 1230. The van der Waals surface area contributed by atoms with Crippen LogP contribution in [0.15, 0.2) is 51.7 Å². The minimum Gasteiger partial charge on any atom is -0.497 e. The Morgan fingerprint density at radius 2 is 1.85 bits per heavy atom. The van der Waals surface area contributed by atoms with E-state index in [9.17, 15) is 4.79 Å². The Hall–Kier alpha value is -2.71. The zero-order valence-corrected chi connectivity index (χ0v) is 16.9. The monoisotopic (exact) mass is 443 g/mol. The molecule has 2 aromatic heterocycles. The molecule has 0 unspecified atom stereocenters. The van der Waals surface area contributed by atoms with Crippen LogP contribution in [0.1, 0.15) is 5.56 Å². The molecule has 27 heavy (non-hydrogen) atoms. The molecule has 0 saturated carbocycles. The molecular formula is C19H14BrN3O3S. The molecule has 136 valence electrons. The van der Waals surface area contributed by atoms with Crippen molar-refractivity contribution in [1.82, 2.24) is 14.6 Å². The maximum Gasteiger partial charge on any atom is 0.276 e. The molecule has 4 aromatic rings. The second-order valence-electron chi connectivity index (χ2n) is 5.67. The van der Waals surface area contributed by atoms with Crippen molar-refractivity contribution in [2.24, 2.45) is 0 Å². The van der Waals surface area contributed by atoms with E-state index in [0.717, 1.165) is 15.6 Å². The van der Waals surface area contributed by atoms with Crippen LogP contribution in [0.4, 0.5) is 0 Å². The Kier molecular flexibility index (Phi) is 4.67. The van der Waals surface area contributed by atoms with E-state index in [0.29, 0.717) is 26.8 Å². The molecule has 0 aliphatic rings. The van der Waals surface area contributed by atoms with E-state index in [1.165, 1.54) is 15.7 Å². The Balaban J connectivity index is 1.90. The number of fused-ring (bicyclic) bond motifs is 1. The Labute approximate surface area is 166 Å². The number of thiazole rings is 1. The number of hydrogen-bond donors (Lipinski definition) is 0. The van der Waals surface area contributed by atoms with Gasteiger partial charge in [-0.05, 0) is 36.4 Å². The molecule has 0 radical (unpaired) electrons. The van der Waals surface area contributed by atoms with E-state index >= 15 is 0 Å². The van der Waals surface area contributed by atoms with E-state index < -0.39 is 0 Å². The number of benzene rings is 2. The normalized spacial score (nSPS) is 11.9. The molecule has 0 spiro atoms. The van der Waals surface area contributed by atoms with E-state index in [-0.39, 0.29) is 5.56 Å². The maximum atomic E-state index is 13.0. The molecule has 0 bridgehead atoms. The molecule has 0 atom stereocenters. The third-order valence-electron chi connectivity index (χ3n) is 4.07. The first-order valence-electron chi connectivity index (χ1n) is 7.98. The number of methoxy groups -OCH3 is 2. The van der Waals surface area contributed by atoms with Crippen LogP contribution in [0.5, 0.6) is 11.5 Å². The van der Waals surface area contributed by atoms with Crippen molar-refractivity contribution < 1.29 is 9.47 Å². The van der Waals surface area contributed by atoms with Gasteiger partial charge in [0.05, 0.1) is 18.8 Å². The van der Waals surface area contributed by atoms with Crippen molar-refractivity contribution in [2.45, 2.75) is 0 Å². The number of nitrogens with zero attached hydrogens (tertiary/aromatic N) is 3. The first-order chi connectivity index (χ1) is 13.1. The molecule has 0 saturated heterocycles. The highest BCUT2D eigenvalue weighted by Crippen LogP contribution is 2.25. The molecule has 4 rings (SSSR count). The lowest BCUT2D eigenvalue weighted by Crippen LogP contribution is -2.23. The summed E-state index contributed by atoms with van der Waals surface area (Å²) in [5.74, 6) is 1.87. The molecule has 0 aliphatic carbocycles. The summed E-state index contributed by atoms with van der Waals surface area (Å²) in [6, 6.07) is 13.0. The van der Waals surface area contributed by atoms with Gasteiger partial charge in [-0.3, -0.25) is 4.79 Å². The highest BCUT2D eigenvalue weighted by Gasteiger charge is 2.14. The van der Waals surface area contributed by atoms with Gasteiger partial charge in [0.25, 0.3) is 5.56 Å². The predicted molar refractivity (Wildman–Crippen MR) is 109 cm³/mol. The zero-order valence-electron chi connectivity index (χ0n) is 14.5. The summed E-state index contributed by atoms with van der Waals surface area (Å²) in [7, 11) is 3.19. The molecule has 0 aliphatic heterocycles. The predicted octanol–water partition coefficient (Wildman–Crippen LogP) is 3.15. The third kappa shape index (κ3) is 3.22. The van der Waals surface area contributed by atoms with Gasteiger partial charge in [0.1, 0.15) is 11.5 Å². The lowest BCUT2D eigenvalue weighted by Gasteiger charge is -2.06. The van der Waals surface area contributed by atoms with Gasteiger partial charge in [0, 0.05) is 15.6 Å². The summed E-state index contributed by atoms with van der Waals surface area (Å²) in [4.78, 5) is 13.5. The summed E-state index contributed by atoms with van der Waals surface area (Å²) in [6.07, 6.45) is 1.79. The van der Waals surface area contributed by atoms with Crippen LogP contribution in [-0.4, -0.2) is 28.8 Å². The second-order valence-corrected chi connectivity index (χ2v) is 7.60. The maximum absolute atomic E-state index is 13.0. The van der Waals surface area contributed by atoms with Crippen LogP contribution < -0.4 is 19.6 Å². The standard InChI is InChI=1S/C19H14BrN3O3S/c1-25-14-7-8-15(26-2)12(9-14)10-16-18(24)23-17(21-22-19(23)27-16)11-3-5-13(20)6-4-11/h3-10H,1-2H3. The van der Waals surface area contributed by atoms with Crippen LogP contribution in [-0.2, 0) is 0 Å². The average molecular weight is 444 g/mol. The van der Waals surface area contributed by atoms with Crippen molar-refractivity contribution in [3.05, 3.63) is 67.4 Å². The zero-order chi connectivity index (χ0) is 19.0. The smallest absolute Gasteiger partial charge is 0.276 e. The van der Waals surface area contributed by atoms with Crippen molar-refractivity contribution in [1.29, 1.82) is 0 Å². The van der Waals surface area contributed by atoms with Crippen LogP contribution in [0.25, 0.3) is 22.4 Å². The van der Waals surface area contributed by atoms with Gasteiger partial charge >= 0.3 is 0 Å². The molecular weight excluding hydrogens is 430 g/mol. The van der Waals surface area contributed by atoms with Crippen molar-refractivity contribution >= 4 is 38.3 Å². The van der Waals surface area contributed by atoms with Gasteiger partial charge in [-0.25, -0.2) is 4.40 Å². The molecule has 8 heteroatoms. The van der Waals surface area contributed by atoms with Gasteiger partial charge in [-0.1, -0.05) is 39.4 Å². The van der Waals surface area contributed by atoms with Crippen molar-refractivity contribution in [3.8, 4) is 22.9 Å². The fraction of sp³-hybridized carbons (Fsp3) is 0.105. The van der Waals surface area contributed by atoms with Gasteiger partial charge in [-0.2, -0.15) is 0 Å². The number of ether oxygens (including phenoxy) is 2. The number of hydrogen-bond acceptors (Lipinski definition) is 6.